The Labute approximate surface area is 120 Å². The Hall–Kier alpha value is -2.63. The first-order chi connectivity index (χ1) is 9.99. The predicted octanol–water partition coefficient (Wildman–Crippen LogP) is 3.00. The smallest absolute Gasteiger partial charge is 0.332 e. The highest BCUT2D eigenvalue weighted by Gasteiger charge is 2.22. The molecule has 0 radical (unpaired) electrons. The number of phenolic OH excluding ortho intramolecular Hbond substituents is 1. The lowest BCUT2D eigenvalue weighted by molar-refractivity contribution is -0.141. The highest BCUT2D eigenvalue weighted by Crippen LogP contribution is 2.25. The topological polar surface area (TPSA) is 58.6 Å². The first kappa shape index (κ1) is 14.8. The average molecular weight is 293 g/mol. The van der Waals surface area contributed by atoms with Crippen LogP contribution in [0.2, 0.25) is 0 Å². The maximum atomic E-state index is 13.4. The van der Waals surface area contributed by atoms with Crippen LogP contribution < -0.4 is 5.32 Å². The number of phenols is 1. The molecular formula is C15H13F2NO3. The van der Waals surface area contributed by atoms with Crippen molar-refractivity contribution < 1.29 is 23.4 Å². The van der Waals surface area contributed by atoms with Gasteiger partial charge in [-0.05, 0) is 42.0 Å². The van der Waals surface area contributed by atoms with Crippen LogP contribution in [-0.2, 0) is 9.53 Å². The molecule has 21 heavy (non-hydrogen) atoms. The van der Waals surface area contributed by atoms with Crippen molar-refractivity contribution in [2.45, 2.75) is 6.04 Å². The first-order valence-corrected chi connectivity index (χ1v) is 6.09. The molecule has 4 nitrogen and oxygen atoms in total. The van der Waals surface area contributed by atoms with E-state index in [0.717, 1.165) is 12.1 Å². The van der Waals surface area contributed by atoms with Gasteiger partial charge < -0.3 is 15.2 Å². The molecule has 6 heteroatoms. The molecule has 2 N–H and O–H groups in total. The molecule has 0 aromatic heterocycles. The zero-order valence-electron chi connectivity index (χ0n) is 11.1. The summed E-state index contributed by atoms with van der Waals surface area (Å²) in [6, 6.07) is 7.57. The van der Waals surface area contributed by atoms with E-state index in [1.807, 2.05) is 0 Å². The number of carbonyl (C=O) groups is 1. The van der Waals surface area contributed by atoms with Gasteiger partial charge in [-0.25, -0.2) is 13.6 Å². The van der Waals surface area contributed by atoms with Crippen LogP contribution in [0.15, 0.2) is 42.5 Å². The Morgan fingerprint density at radius 3 is 2.38 bits per heavy atom. The van der Waals surface area contributed by atoms with Gasteiger partial charge in [-0.2, -0.15) is 0 Å². The van der Waals surface area contributed by atoms with Gasteiger partial charge in [0.05, 0.1) is 7.11 Å². The third-order valence-corrected chi connectivity index (χ3v) is 2.83. The van der Waals surface area contributed by atoms with Gasteiger partial charge in [-0.1, -0.05) is 0 Å². The van der Waals surface area contributed by atoms with Crippen LogP contribution in [0.25, 0.3) is 0 Å². The fourth-order valence-electron chi connectivity index (χ4n) is 1.87. The fraction of sp³-hybridized carbons (Fsp3) is 0.133. The fourth-order valence-corrected chi connectivity index (χ4v) is 1.87. The number of hydrogen-bond acceptors (Lipinski definition) is 4. The van der Waals surface area contributed by atoms with Gasteiger partial charge in [0.1, 0.15) is 17.4 Å². The average Bonchev–Trinajstić information content (AvgIpc) is 2.44. The largest absolute Gasteiger partial charge is 0.508 e. The van der Waals surface area contributed by atoms with E-state index < -0.39 is 23.6 Å². The molecule has 1 unspecified atom stereocenters. The summed E-state index contributed by atoms with van der Waals surface area (Å²) in [6.45, 7) is 0. The molecule has 0 heterocycles. The zero-order valence-corrected chi connectivity index (χ0v) is 11.1. The van der Waals surface area contributed by atoms with E-state index in [0.29, 0.717) is 5.69 Å². The molecule has 0 fully saturated rings. The number of halogens is 2. The molecule has 0 bridgehead atoms. The van der Waals surface area contributed by atoms with Crippen LogP contribution in [0.4, 0.5) is 14.5 Å². The van der Waals surface area contributed by atoms with E-state index in [4.69, 9.17) is 0 Å². The Morgan fingerprint density at radius 2 is 1.81 bits per heavy atom. The SMILES string of the molecule is COC(=O)C(Nc1ccc(F)cc1)c1cc(O)cc(F)c1. The highest BCUT2D eigenvalue weighted by molar-refractivity contribution is 5.81. The third-order valence-electron chi connectivity index (χ3n) is 2.83. The number of esters is 1. The third kappa shape index (κ3) is 3.68. The van der Waals surface area contributed by atoms with Gasteiger partial charge in [0.25, 0.3) is 0 Å². The van der Waals surface area contributed by atoms with Crippen LogP contribution in [0.5, 0.6) is 5.75 Å². The molecule has 2 aromatic carbocycles. The second-order valence-corrected chi connectivity index (χ2v) is 4.35. The molecule has 1 atom stereocenters. The summed E-state index contributed by atoms with van der Waals surface area (Å²) in [5, 5.41) is 12.2. The van der Waals surface area contributed by atoms with E-state index in [1.54, 1.807) is 0 Å². The number of benzene rings is 2. The van der Waals surface area contributed by atoms with Gasteiger partial charge in [-0.3, -0.25) is 0 Å². The zero-order chi connectivity index (χ0) is 15.4. The van der Waals surface area contributed by atoms with Crippen molar-refractivity contribution >= 4 is 11.7 Å². The lowest BCUT2D eigenvalue weighted by Gasteiger charge is -2.18. The Morgan fingerprint density at radius 1 is 1.14 bits per heavy atom. The molecule has 2 rings (SSSR count). The van der Waals surface area contributed by atoms with E-state index in [9.17, 15) is 18.7 Å². The van der Waals surface area contributed by atoms with Gasteiger partial charge in [0, 0.05) is 11.8 Å². The number of ether oxygens (including phenoxy) is 1. The quantitative estimate of drug-likeness (QED) is 0.851. The van der Waals surface area contributed by atoms with Crippen molar-refractivity contribution in [3.63, 3.8) is 0 Å². The maximum absolute atomic E-state index is 13.4. The lowest BCUT2D eigenvalue weighted by atomic mass is 10.1. The van der Waals surface area contributed by atoms with Gasteiger partial charge in [-0.15, -0.1) is 0 Å². The number of carbonyl (C=O) groups excluding carboxylic acids is 1. The van der Waals surface area contributed by atoms with Crippen LogP contribution in [0.1, 0.15) is 11.6 Å². The number of rotatable bonds is 4. The first-order valence-electron chi connectivity index (χ1n) is 6.09. The Bertz CT molecular complexity index is 624. The monoisotopic (exact) mass is 293 g/mol. The summed E-state index contributed by atoms with van der Waals surface area (Å²) < 4.78 is 30.9. The maximum Gasteiger partial charge on any atom is 0.332 e. The van der Waals surface area contributed by atoms with E-state index in [1.165, 1.54) is 37.4 Å². The molecule has 0 aliphatic carbocycles. The summed E-state index contributed by atoms with van der Waals surface area (Å²) in [5.74, 6) is -2.07. The number of aromatic hydroxyl groups is 1. The number of nitrogens with one attached hydrogen (secondary N) is 1. The summed E-state index contributed by atoms with van der Waals surface area (Å²) in [6.07, 6.45) is 0. The molecule has 2 aromatic rings. The van der Waals surface area contributed by atoms with Gasteiger partial charge in [0.2, 0.25) is 0 Å². The predicted molar refractivity (Wildman–Crippen MR) is 72.8 cm³/mol. The standard InChI is InChI=1S/C15H13F2NO3/c1-21-15(20)14(9-6-11(17)8-13(19)7-9)18-12-4-2-10(16)3-5-12/h2-8,14,18-19H,1H3. The molecule has 110 valence electrons. The molecule has 0 saturated carbocycles. The van der Waals surface area contributed by atoms with Crippen molar-refractivity contribution in [2.75, 3.05) is 12.4 Å². The Kier molecular flexibility index (Phi) is 4.37. The van der Waals surface area contributed by atoms with Gasteiger partial charge in [0.15, 0.2) is 6.04 Å². The number of hydrogen-bond donors (Lipinski definition) is 2. The molecule has 0 aliphatic rings. The van der Waals surface area contributed by atoms with Crippen LogP contribution in [0, 0.1) is 11.6 Å². The van der Waals surface area contributed by atoms with E-state index in [-0.39, 0.29) is 11.3 Å². The minimum Gasteiger partial charge on any atom is -0.508 e. The highest BCUT2D eigenvalue weighted by atomic mass is 19.1. The summed E-state index contributed by atoms with van der Waals surface area (Å²) >= 11 is 0. The number of methoxy groups -OCH3 is 1. The van der Waals surface area contributed by atoms with Gasteiger partial charge >= 0.3 is 5.97 Å². The van der Waals surface area contributed by atoms with Crippen molar-refractivity contribution in [2.24, 2.45) is 0 Å². The Balaban J connectivity index is 2.34. The van der Waals surface area contributed by atoms with Crippen molar-refractivity contribution in [3.05, 3.63) is 59.7 Å². The second kappa shape index (κ2) is 6.21. The number of anilines is 1. The van der Waals surface area contributed by atoms with Crippen molar-refractivity contribution in [1.29, 1.82) is 0 Å². The lowest BCUT2D eigenvalue weighted by Crippen LogP contribution is -2.22. The molecule has 0 amide bonds. The van der Waals surface area contributed by atoms with Crippen LogP contribution in [-0.4, -0.2) is 18.2 Å². The summed E-state index contributed by atoms with van der Waals surface area (Å²) in [4.78, 5) is 11.8. The van der Waals surface area contributed by atoms with Crippen LogP contribution in [0.3, 0.4) is 0 Å². The minimum atomic E-state index is -1.03. The minimum absolute atomic E-state index is 0.198. The second-order valence-electron chi connectivity index (χ2n) is 4.35. The summed E-state index contributed by atoms with van der Waals surface area (Å²) in [5.41, 5.74) is 0.652. The normalized spacial score (nSPS) is 11.8. The van der Waals surface area contributed by atoms with Crippen molar-refractivity contribution in [3.8, 4) is 5.75 Å². The molecule has 0 aliphatic heterocycles. The molecule has 0 saturated heterocycles. The van der Waals surface area contributed by atoms with E-state index in [2.05, 4.69) is 10.1 Å². The molecular weight excluding hydrogens is 280 g/mol. The molecule has 0 spiro atoms. The summed E-state index contributed by atoms with van der Waals surface area (Å²) in [7, 11) is 1.20. The van der Waals surface area contributed by atoms with Crippen LogP contribution >= 0.6 is 0 Å². The van der Waals surface area contributed by atoms with Crippen molar-refractivity contribution in [1.82, 2.24) is 0 Å². The van der Waals surface area contributed by atoms with E-state index >= 15 is 0 Å².